The first-order valence-electron chi connectivity index (χ1n) is 17.5. The summed E-state index contributed by atoms with van der Waals surface area (Å²) in [6, 6.07) is 6.75. The molecule has 2 aromatic heterocycles. The van der Waals surface area contributed by atoms with Gasteiger partial charge in [0.2, 0.25) is 5.91 Å². The standard InChI is InChI=1S/C36H45F3N8O2/c1-23(48)46-12-6-24(7-13-46)19-40-30-16-26(35(10-5-11-35)18-32-44-42-22-45(32)3)17-31(43-30)47-21-28-27(33(47)49)14-25(15-29(28)36(37,38)39)20-41-34(2)8-4-9-34/h14-17,22,24,41H,4-13,18-21H2,1-3H3,(H,40,43). The molecule has 1 saturated heterocycles. The van der Waals surface area contributed by atoms with Crippen molar-refractivity contribution in [2.24, 2.45) is 13.0 Å². The average molecular weight is 679 g/mol. The number of nitrogens with zero attached hydrogens (tertiary/aromatic N) is 6. The van der Waals surface area contributed by atoms with Crippen LogP contribution in [0.4, 0.5) is 24.8 Å². The Hall–Kier alpha value is -4.00. The lowest BCUT2D eigenvalue weighted by Crippen LogP contribution is -2.47. The summed E-state index contributed by atoms with van der Waals surface area (Å²) in [5.41, 5.74) is 0.402. The number of anilines is 2. The minimum Gasteiger partial charge on any atom is -0.370 e. The normalized spacial score (nSPS) is 20.2. The Balaban J connectivity index is 1.20. The van der Waals surface area contributed by atoms with Crippen LogP contribution in [-0.4, -0.2) is 61.6 Å². The summed E-state index contributed by atoms with van der Waals surface area (Å²) in [6.07, 6.45) is 5.36. The smallest absolute Gasteiger partial charge is 0.370 e. The fraction of sp³-hybridized carbons (Fsp3) is 0.583. The third kappa shape index (κ3) is 6.65. The molecule has 2 N–H and O–H groups in total. The summed E-state index contributed by atoms with van der Waals surface area (Å²) in [5.74, 6) is 1.72. The van der Waals surface area contributed by atoms with Crippen molar-refractivity contribution in [2.45, 2.75) is 102 Å². The number of fused-ring (bicyclic) bond motifs is 1. The molecule has 10 nitrogen and oxygen atoms in total. The van der Waals surface area contributed by atoms with Crippen LogP contribution >= 0.6 is 0 Å². The van der Waals surface area contributed by atoms with Crippen LogP contribution in [0.1, 0.15) is 104 Å². The van der Waals surface area contributed by atoms with E-state index in [0.717, 1.165) is 62.8 Å². The zero-order valence-corrected chi connectivity index (χ0v) is 28.5. The fourth-order valence-corrected chi connectivity index (χ4v) is 7.90. The van der Waals surface area contributed by atoms with Gasteiger partial charge in [-0.1, -0.05) is 6.42 Å². The zero-order valence-electron chi connectivity index (χ0n) is 28.5. The van der Waals surface area contributed by atoms with Crippen LogP contribution in [0.15, 0.2) is 30.6 Å². The zero-order chi connectivity index (χ0) is 34.6. The van der Waals surface area contributed by atoms with Crippen molar-refractivity contribution in [3.63, 3.8) is 0 Å². The van der Waals surface area contributed by atoms with Gasteiger partial charge in [-0.15, -0.1) is 10.2 Å². The number of hydrogen-bond acceptors (Lipinski definition) is 7. The highest BCUT2D eigenvalue weighted by atomic mass is 19.4. The summed E-state index contributed by atoms with van der Waals surface area (Å²) in [5, 5.41) is 15.3. The molecule has 2 aliphatic heterocycles. The first kappa shape index (κ1) is 33.5. The Morgan fingerprint density at radius 2 is 1.80 bits per heavy atom. The molecule has 3 fully saturated rings. The van der Waals surface area contributed by atoms with Crippen LogP contribution in [0.25, 0.3) is 0 Å². The number of aromatic nitrogens is 4. The second-order valence-electron chi connectivity index (χ2n) is 14.9. The second kappa shape index (κ2) is 12.7. The Kier molecular flexibility index (Phi) is 8.69. The predicted octanol–water partition coefficient (Wildman–Crippen LogP) is 5.76. The van der Waals surface area contributed by atoms with Gasteiger partial charge in [-0.3, -0.25) is 14.5 Å². The molecule has 3 aromatic rings. The number of piperidine rings is 1. The minimum atomic E-state index is -4.61. The summed E-state index contributed by atoms with van der Waals surface area (Å²) in [7, 11) is 1.92. The van der Waals surface area contributed by atoms with E-state index in [1.165, 1.54) is 11.0 Å². The maximum absolute atomic E-state index is 14.5. The number of pyridine rings is 1. The van der Waals surface area contributed by atoms with E-state index in [1.807, 2.05) is 28.6 Å². The molecule has 0 radical (unpaired) electrons. The first-order valence-corrected chi connectivity index (χ1v) is 17.5. The monoisotopic (exact) mass is 678 g/mol. The van der Waals surface area contributed by atoms with Gasteiger partial charge in [0.25, 0.3) is 5.91 Å². The molecular formula is C36H45F3N8O2. The molecule has 4 heterocycles. The molecule has 1 aromatic carbocycles. The Labute approximate surface area is 284 Å². The molecule has 2 aliphatic carbocycles. The number of amides is 2. The molecule has 262 valence electrons. The Bertz CT molecular complexity index is 1740. The number of nitrogens with one attached hydrogen (secondary N) is 2. The summed E-state index contributed by atoms with van der Waals surface area (Å²) < 4.78 is 45.5. The number of likely N-dealkylation sites (tertiary alicyclic amines) is 1. The highest BCUT2D eigenvalue weighted by molar-refractivity contribution is 6.10. The average Bonchev–Trinajstić information content (AvgIpc) is 3.60. The van der Waals surface area contributed by atoms with Crippen LogP contribution in [0.5, 0.6) is 0 Å². The predicted molar refractivity (Wildman–Crippen MR) is 179 cm³/mol. The topological polar surface area (TPSA) is 108 Å². The number of hydrogen-bond donors (Lipinski definition) is 2. The van der Waals surface area contributed by atoms with Crippen LogP contribution < -0.4 is 15.5 Å². The molecule has 0 bridgehead atoms. The van der Waals surface area contributed by atoms with Gasteiger partial charge in [0.15, 0.2) is 0 Å². The summed E-state index contributed by atoms with van der Waals surface area (Å²) in [6.45, 7) is 5.79. The number of alkyl halides is 3. The van der Waals surface area contributed by atoms with Crippen LogP contribution in [0.3, 0.4) is 0 Å². The Morgan fingerprint density at radius 3 is 2.39 bits per heavy atom. The molecule has 4 aliphatic rings. The largest absolute Gasteiger partial charge is 0.416 e. The highest BCUT2D eigenvalue weighted by Crippen LogP contribution is 2.48. The van der Waals surface area contributed by atoms with Crippen molar-refractivity contribution in [2.75, 3.05) is 29.9 Å². The van der Waals surface area contributed by atoms with Crippen molar-refractivity contribution in [1.82, 2.24) is 30.0 Å². The van der Waals surface area contributed by atoms with Gasteiger partial charge in [0, 0.05) is 63.1 Å². The maximum atomic E-state index is 14.5. The van der Waals surface area contributed by atoms with Gasteiger partial charge in [-0.05, 0) is 98.7 Å². The van der Waals surface area contributed by atoms with E-state index >= 15 is 0 Å². The van der Waals surface area contributed by atoms with Gasteiger partial charge < -0.3 is 20.1 Å². The van der Waals surface area contributed by atoms with E-state index in [9.17, 15) is 22.8 Å². The van der Waals surface area contributed by atoms with E-state index in [1.54, 1.807) is 19.3 Å². The van der Waals surface area contributed by atoms with Gasteiger partial charge >= 0.3 is 6.18 Å². The second-order valence-corrected chi connectivity index (χ2v) is 14.9. The van der Waals surface area contributed by atoms with Crippen molar-refractivity contribution < 1.29 is 22.8 Å². The van der Waals surface area contributed by atoms with Crippen molar-refractivity contribution in [1.29, 1.82) is 0 Å². The third-order valence-corrected chi connectivity index (χ3v) is 11.5. The molecule has 2 amide bonds. The first-order chi connectivity index (χ1) is 23.3. The summed E-state index contributed by atoms with van der Waals surface area (Å²) >= 11 is 0. The van der Waals surface area contributed by atoms with E-state index in [-0.39, 0.29) is 41.1 Å². The van der Waals surface area contributed by atoms with Crippen LogP contribution in [0, 0.1) is 5.92 Å². The lowest BCUT2D eigenvalue weighted by Gasteiger charge is -2.42. The van der Waals surface area contributed by atoms with Crippen LogP contribution in [0.2, 0.25) is 0 Å². The van der Waals surface area contributed by atoms with Gasteiger partial charge in [0.1, 0.15) is 23.8 Å². The lowest BCUT2D eigenvalue weighted by molar-refractivity contribution is -0.138. The van der Waals surface area contributed by atoms with E-state index in [4.69, 9.17) is 4.98 Å². The molecule has 0 spiro atoms. The summed E-state index contributed by atoms with van der Waals surface area (Å²) in [4.78, 5) is 34.0. The van der Waals surface area contributed by atoms with Crippen LogP contribution in [-0.2, 0) is 42.9 Å². The number of carbonyl (C=O) groups excluding carboxylic acids is 2. The molecule has 2 saturated carbocycles. The number of halogens is 3. The van der Waals surface area contributed by atoms with Gasteiger partial charge in [-0.25, -0.2) is 4.98 Å². The molecular weight excluding hydrogens is 633 g/mol. The van der Waals surface area contributed by atoms with Crippen molar-refractivity contribution in [3.8, 4) is 0 Å². The van der Waals surface area contributed by atoms with Gasteiger partial charge in [-0.2, -0.15) is 13.2 Å². The van der Waals surface area contributed by atoms with E-state index < -0.39 is 17.6 Å². The minimum absolute atomic E-state index is 0.00695. The van der Waals surface area contributed by atoms with Gasteiger partial charge in [0.05, 0.1) is 12.1 Å². The van der Waals surface area contributed by atoms with E-state index in [2.05, 4.69) is 27.8 Å². The SMILES string of the molecule is CC(=O)N1CCC(CNc2cc(C3(Cc4nncn4C)CCC3)cc(N3Cc4c(cc(CNC5(C)CCC5)cc4C(F)(F)F)C3=O)n2)CC1. The number of benzene rings is 1. The Morgan fingerprint density at radius 1 is 1.06 bits per heavy atom. The molecule has 7 rings (SSSR count). The molecule has 0 atom stereocenters. The lowest BCUT2D eigenvalue weighted by atomic mass is 9.62. The van der Waals surface area contributed by atoms with E-state index in [0.29, 0.717) is 49.2 Å². The molecule has 0 unspecified atom stereocenters. The third-order valence-electron chi connectivity index (χ3n) is 11.5. The maximum Gasteiger partial charge on any atom is 0.416 e. The van der Waals surface area contributed by atoms with Crippen molar-refractivity contribution in [3.05, 3.63) is 64.2 Å². The van der Waals surface area contributed by atoms with Crippen molar-refractivity contribution >= 4 is 23.5 Å². The quantitative estimate of drug-likeness (QED) is 0.281. The molecule has 49 heavy (non-hydrogen) atoms. The molecule has 13 heteroatoms. The number of rotatable bonds is 10. The number of aryl methyl sites for hydroxylation is 1. The fourth-order valence-electron chi connectivity index (χ4n) is 7.90. The number of carbonyl (C=O) groups is 2. The highest BCUT2D eigenvalue weighted by Gasteiger charge is 2.44.